The summed E-state index contributed by atoms with van der Waals surface area (Å²) in [6, 6.07) is 18.0. The standard InChI is InChI=1S/C23H17Cl2N3O/c1-28(2)17-10-8-15(9-11-17)21-20(14-6-4-3-5-7-14)26-23(27-21)16-12-18(24)22(29)19(25)13-16/h3-13H,1-2H3. The monoisotopic (exact) mass is 421 g/mol. The van der Waals surface area contributed by atoms with Crippen LogP contribution in [0.3, 0.4) is 0 Å². The van der Waals surface area contributed by atoms with Gasteiger partial charge in [-0.1, -0.05) is 65.7 Å². The van der Waals surface area contributed by atoms with E-state index in [9.17, 15) is 4.79 Å². The number of halogens is 2. The lowest BCUT2D eigenvalue weighted by Gasteiger charge is -2.13. The number of benzene rings is 2. The highest BCUT2D eigenvalue weighted by Gasteiger charge is 2.25. The van der Waals surface area contributed by atoms with Crippen LogP contribution >= 0.6 is 23.2 Å². The van der Waals surface area contributed by atoms with E-state index in [-0.39, 0.29) is 10.1 Å². The van der Waals surface area contributed by atoms with Crippen molar-refractivity contribution in [3.8, 4) is 0 Å². The third-order valence-corrected chi connectivity index (χ3v) is 5.18. The average Bonchev–Trinajstić information content (AvgIpc) is 3.18. The first-order chi connectivity index (χ1) is 13.9. The molecule has 0 fully saturated rings. The van der Waals surface area contributed by atoms with E-state index in [2.05, 4.69) is 0 Å². The lowest BCUT2D eigenvalue weighted by atomic mass is 10.00. The van der Waals surface area contributed by atoms with Gasteiger partial charge in [-0.05, 0) is 24.3 Å². The highest BCUT2D eigenvalue weighted by molar-refractivity contribution is 6.56. The van der Waals surface area contributed by atoms with Crippen LogP contribution in [-0.4, -0.2) is 31.3 Å². The van der Waals surface area contributed by atoms with E-state index in [1.165, 1.54) is 0 Å². The molecule has 0 saturated carbocycles. The number of anilines is 1. The number of aliphatic imine (C=N–C) groups is 2. The normalized spacial score (nSPS) is 16.3. The summed E-state index contributed by atoms with van der Waals surface area (Å²) in [6.07, 6.45) is 3.11. The molecular formula is C23H17Cl2N3O. The highest BCUT2D eigenvalue weighted by atomic mass is 35.5. The minimum atomic E-state index is -0.397. The Labute approximate surface area is 179 Å². The van der Waals surface area contributed by atoms with Crippen molar-refractivity contribution < 1.29 is 4.79 Å². The van der Waals surface area contributed by atoms with Crippen molar-refractivity contribution in [1.82, 2.24) is 0 Å². The quantitative estimate of drug-likeness (QED) is 0.692. The summed E-state index contributed by atoms with van der Waals surface area (Å²) in [5, 5.41) is 0.103. The summed E-state index contributed by atoms with van der Waals surface area (Å²) < 4.78 is 0. The van der Waals surface area contributed by atoms with E-state index in [0.717, 1.165) is 28.2 Å². The van der Waals surface area contributed by atoms with Gasteiger partial charge >= 0.3 is 0 Å². The van der Waals surface area contributed by atoms with Gasteiger partial charge in [0, 0.05) is 36.5 Å². The first-order valence-corrected chi connectivity index (χ1v) is 9.74. The number of nitrogens with zero attached hydrogens (tertiary/aromatic N) is 3. The van der Waals surface area contributed by atoms with Crippen LogP contribution in [0.1, 0.15) is 11.1 Å². The second-order valence-electron chi connectivity index (χ2n) is 6.82. The number of carbonyl (C=O) groups is 1. The summed E-state index contributed by atoms with van der Waals surface area (Å²) in [5.74, 6) is 0.0748. The molecule has 1 aliphatic carbocycles. The zero-order valence-electron chi connectivity index (χ0n) is 15.9. The Morgan fingerprint density at radius 3 is 1.79 bits per heavy atom. The second kappa shape index (κ2) is 7.82. The number of hydrogen-bond acceptors (Lipinski definition) is 4. The lowest BCUT2D eigenvalue weighted by molar-refractivity contribution is -0.111. The van der Waals surface area contributed by atoms with Crippen LogP contribution in [0.25, 0.3) is 0 Å². The van der Waals surface area contributed by atoms with E-state index >= 15 is 0 Å². The van der Waals surface area contributed by atoms with Gasteiger partial charge in [-0.3, -0.25) is 4.79 Å². The molecule has 0 bridgehead atoms. The van der Waals surface area contributed by atoms with Crippen LogP contribution in [0.4, 0.5) is 5.69 Å². The number of carbonyl (C=O) groups excluding carboxylic acids is 1. The molecule has 2 aromatic carbocycles. The maximum Gasteiger partial charge on any atom is 0.215 e. The van der Waals surface area contributed by atoms with Gasteiger partial charge in [-0.25, -0.2) is 9.98 Å². The first kappa shape index (κ1) is 19.4. The SMILES string of the molecule is CN(C)c1ccc(C2=NC(=C3C=C(Cl)C(=O)C(Cl)=C3)N=C2c2ccccc2)cc1. The topological polar surface area (TPSA) is 45.0 Å². The van der Waals surface area contributed by atoms with Gasteiger partial charge in [-0.15, -0.1) is 0 Å². The molecule has 0 N–H and O–H groups in total. The maximum absolute atomic E-state index is 11.8. The Bertz CT molecular complexity index is 1110. The van der Waals surface area contributed by atoms with Crippen LogP contribution < -0.4 is 4.90 Å². The number of ketones is 1. The van der Waals surface area contributed by atoms with E-state index in [4.69, 9.17) is 33.2 Å². The number of allylic oxidation sites excluding steroid dienone is 5. The van der Waals surface area contributed by atoms with Crippen molar-refractivity contribution in [1.29, 1.82) is 0 Å². The smallest absolute Gasteiger partial charge is 0.215 e. The predicted molar refractivity (Wildman–Crippen MR) is 120 cm³/mol. The Morgan fingerprint density at radius 1 is 0.759 bits per heavy atom. The highest BCUT2D eigenvalue weighted by Crippen LogP contribution is 2.30. The largest absolute Gasteiger partial charge is 0.378 e. The average molecular weight is 422 g/mol. The molecule has 29 heavy (non-hydrogen) atoms. The van der Waals surface area contributed by atoms with Gasteiger partial charge in [0.1, 0.15) is 0 Å². The van der Waals surface area contributed by atoms with Crippen molar-refractivity contribution in [2.75, 3.05) is 19.0 Å². The third-order valence-electron chi connectivity index (χ3n) is 4.62. The molecule has 2 aromatic rings. The summed E-state index contributed by atoms with van der Waals surface area (Å²) in [6.45, 7) is 0. The van der Waals surface area contributed by atoms with E-state index in [0.29, 0.717) is 11.4 Å². The molecule has 144 valence electrons. The maximum atomic E-state index is 11.8. The molecule has 0 amide bonds. The van der Waals surface area contributed by atoms with Crippen LogP contribution in [-0.2, 0) is 4.79 Å². The molecule has 0 spiro atoms. The predicted octanol–water partition coefficient (Wildman–Crippen LogP) is 5.08. The third kappa shape index (κ3) is 3.82. The van der Waals surface area contributed by atoms with Crippen molar-refractivity contribution in [3.63, 3.8) is 0 Å². The van der Waals surface area contributed by atoms with Gasteiger partial charge < -0.3 is 4.90 Å². The molecule has 1 aliphatic heterocycles. The summed E-state index contributed by atoms with van der Waals surface area (Å²) in [5.41, 5.74) is 5.13. The fourth-order valence-electron chi connectivity index (χ4n) is 3.08. The Morgan fingerprint density at radius 2 is 1.28 bits per heavy atom. The molecule has 0 radical (unpaired) electrons. The van der Waals surface area contributed by atoms with Crippen LogP contribution in [0.2, 0.25) is 0 Å². The molecule has 0 unspecified atom stereocenters. The van der Waals surface area contributed by atoms with Crippen LogP contribution in [0, 0.1) is 0 Å². The second-order valence-corrected chi connectivity index (χ2v) is 7.64. The van der Waals surface area contributed by atoms with Crippen molar-refractivity contribution in [3.05, 3.63) is 99.3 Å². The van der Waals surface area contributed by atoms with Crippen molar-refractivity contribution in [2.24, 2.45) is 9.98 Å². The summed E-state index contributed by atoms with van der Waals surface area (Å²) in [4.78, 5) is 23.4. The molecule has 4 rings (SSSR count). The zero-order valence-corrected chi connectivity index (χ0v) is 17.4. The molecule has 0 atom stereocenters. The summed E-state index contributed by atoms with van der Waals surface area (Å²) >= 11 is 12.1. The number of rotatable bonds is 3. The molecular weight excluding hydrogens is 405 g/mol. The van der Waals surface area contributed by atoms with Crippen molar-refractivity contribution in [2.45, 2.75) is 0 Å². The van der Waals surface area contributed by atoms with Gasteiger partial charge in [0.2, 0.25) is 5.78 Å². The molecule has 2 aliphatic rings. The fourth-order valence-corrected chi connectivity index (χ4v) is 3.56. The number of hydrogen-bond donors (Lipinski definition) is 0. The minimum absolute atomic E-state index is 0.0513. The lowest BCUT2D eigenvalue weighted by Crippen LogP contribution is -2.14. The fraction of sp³-hybridized carbons (Fsp3) is 0.0870. The Kier molecular flexibility index (Phi) is 5.22. The number of Topliss-reactive ketones (excluding diaryl/α,β-unsaturated/α-hetero) is 1. The van der Waals surface area contributed by atoms with Crippen LogP contribution in [0.15, 0.2) is 98.2 Å². The molecule has 0 saturated heterocycles. The molecule has 6 heteroatoms. The van der Waals surface area contributed by atoms with E-state index < -0.39 is 5.78 Å². The van der Waals surface area contributed by atoms with Gasteiger partial charge in [0.25, 0.3) is 0 Å². The van der Waals surface area contributed by atoms with Crippen LogP contribution in [0.5, 0.6) is 0 Å². The van der Waals surface area contributed by atoms with Gasteiger partial charge in [0.05, 0.1) is 21.5 Å². The van der Waals surface area contributed by atoms with Gasteiger partial charge in [0.15, 0.2) is 5.82 Å². The van der Waals surface area contributed by atoms with E-state index in [1.807, 2.05) is 73.6 Å². The summed E-state index contributed by atoms with van der Waals surface area (Å²) in [7, 11) is 4.00. The Hall–Kier alpha value is -2.95. The van der Waals surface area contributed by atoms with Gasteiger partial charge in [-0.2, -0.15) is 0 Å². The van der Waals surface area contributed by atoms with Crippen molar-refractivity contribution >= 4 is 46.1 Å². The van der Waals surface area contributed by atoms with E-state index in [1.54, 1.807) is 12.2 Å². The molecule has 1 heterocycles. The molecule has 4 nitrogen and oxygen atoms in total. The Balaban J connectivity index is 1.86. The molecule has 0 aromatic heterocycles. The zero-order chi connectivity index (χ0) is 20.5. The minimum Gasteiger partial charge on any atom is -0.378 e. The first-order valence-electron chi connectivity index (χ1n) is 8.98.